The minimum atomic E-state index is -0.313. The predicted molar refractivity (Wildman–Crippen MR) is 60.3 cm³/mol. The standard InChI is InChI=1S/C11H11BrFNO/c12-9-5-4-8(13)7-10(9)14-6-2-1-3-11(14)15/h4-5,7H,1-3,6H2. The Morgan fingerprint density at radius 3 is 2.87 bits per heavy atom. The third-order valence-corrected chi connectivity index (χ3v) is 3.19. The second kappa shape index (κ2) is 4.31. The van der Waals surface area contributed by atoms with E-state index in [1.165, 1.54) is 12.1 Å². The highest BCUT2D eigenvalue weighted by molar-refractivity contribution is 9.10. The number of hydrogen-bond donors (Lipinski definition) is 0. The van der Waals surface area contributed by atoms with E-state index in [-0.39, 0.29) is 11.7 Å². The molecular weight excluding hydrogens is 261 g/mol. The van der Waals surface area contributed by atoms with Crippen molar-refractivity contribution in [2.75, 3.05) is 11.4 Å². The lowest BCUT2D eigenvalue weighted by atomic mass is 10.1. The second-order valence-corrected chi connectivity index (χ2v) is 4.45. The van der Waals surface area contributed by atoms with E-state index in [1.54, 1.807) is 11.0 Å². The first-order chi connectivity index (χ1) is 7.18. The lowest BCUT2D eigenvalue weighted by Crippen LogP contribution is -2.35. The van der Waals surface area contributed by atoms with E-state index in [4.69, 9.17) is 0 Å². The summed E-state index contributed by atoms with van der Waals surface area (Å²) in [6, 6.07) is 4.40. The van der Waals surface area contributed by atoms with Crippen LogP contribution < -0.4 is 4.90 Å². The van der Waals surface area contributed by atoms with Crippen molar-refractivity contribution in [2.24, 2.45) is 0 Å². The van der Waals surface area contributed by atoms with Crippen molar-refractivity contribution >= 4 is 27.5 Å². The molecule has 0 aliphatic carbocycles. The van der Waals surface area contributed by atoms with Gasteiger partial charge in [-0.05, 0) is 47.0 Å². The van der Waals surface area contributed by atoms with Gasteiger partial charge in [-0.15, -0.1) is 0 Å². The molecule has 4 heteroatoms. The van der Waals surface area contributed by atoms with Gasteiger partial charge in [-0.2, -0.15) is 0 Å². The second-order valence-electron chi connectivity index (χ2n) is 3.60. The Hall–Kier alpha value is -0.900. The summed E-state index contributed by atoms with van der Waals surface area (Å²) in [5.41, 5.74) is 0.639. The van der Waals surface area contributed by atoms with Gasteiger partial charge >= 0.3 is 0 Å². The van der Waals surface area contributed by atoms with Crippen LogP contribution in [0.2, 0.25) is 0 Å². The van der Waals surface area contributed by atoms with Crippen LogP contribution in [0, 0.1) is 5.82 Å². The molecule has 2 nitrogen and oxygen atoms in total. The van der Waals surface area contributed by atoms with Crippen molar-refractivity contribution in [3.8, 4) is 0 Å². The van der Waals surface area contributed by atoms with Crippen molar-refractivity contribution in [3.63, 3.8) is 0 Å². The summed E-state index contributed by atoms with van der Waals surface area (Å²) in [7, 11) is 0. The maximum atomic E-state index is 13.1. The summed E-state index contributed by atoms with van der Waals surface area (Å²) in [6.07, 6.45) is 2.47. The van der Waals surface area contributed by atoms with Gasteiger partial charge in [0.1, 0.15) is 5.82 Å². The first-order valence-corrected chi connectivity index (χ1v) is 5.73. The van der Waals surface area contributed by atoms with E-state index in [1.807, 2.05) is 0 Å². The number of anilines is 1. The Labute approximate surface area is 96.2 Å². The molecule has 1 fully saturated rings. The molecule has 1 aliphatic heterocycles. The van der Waals surface area contributed by atoms with Crippen LogP contribution in [-0.4, -0.2) is 12.5 Å². The number of piperidine rings is 1. The van der Waals surface area contributed by atoms with Crippen LogP contribution in [0.25, 0.3) is 0 Å². The Morgan fingerprint density at radius 1 is 1.33 bits per heavy atom. The summed E-state index contributed by atoms with van der Waals surface area (Å²) in [4.78, 5) is 13.3. The zero-order valence-corrected chi connectivity index (χ0v) is 9.76. The van der Waals surface area contributed by atoms with Crippen molar-refractivity contribution in [2.45, 2.75) is 19.3 Å². The normalized spacial score (nSPS) is 16.9. The molecule has 1 aromatic rings. The number of carbonyl (C=O) groups excluding carboxylic acids is 1. The molecule has 0 radical (unpaired) electrons. The van der Waals surface area contributed by atoms with Crippen molar-refractivity contribution < 1.29 is 9.18 Å². The van der Waals surface area contributed by atoms with E-state index in [0.29, 0.717) is 18.7 Å². The zero-order chi connectivity index (χ0) is 10.8. The van der Waals surface area contributed by atoms with Gasteiger partial charge in [-0.1, -0.05) is 0 Å². The van der Waals surface area contributed by atoms with E-state index in [0.717, 1.165) is 17.3 Å². The Bertz CT molecular complexity index is 394. The number of hydrogen-bond acceptors (Lipinski definition) is 1. The lowest BCUT2D eigenvalue weighted by Gasteiger charge is -2.27. The lowest BCUT2D eigenvalue weighted by molar-refractivity contribution is -0.119. The molecule has 0 atom stereocenters. The zero-order valence-electron chi connectivity index (χ0n) is 8.17. The Balaban J connectivity index is 2.34. The number of amides is 1. The molecule has 0 unspecified atom stereocenters. The van der Waals surface area contributed by atoms with Crippen molar-refractivity contribution in [1.82, 2.24) is 0 Å². The molecule has 1 heterocycles. The quantitative estimate of drug-likeness (QED) is 0.769. The van der Waals surface area contributed by atoms with Gasteiger partial charge in [-0.25, -0.2) is 4.39 Å². The molecule has 1 saturated heterocycles. The number of carbonyl (C=O) groups is 1. The van der Waals surface area contributed by atoms with Crippen molar-refractivity contribution in [3.05, 3.63) is 28.5 Å². The first kappa shape index (κ1) is 10.6. The highest BCUT2D eigenvalue weighted by Gasteiger charge is 2.21. The van der Waals surface area contributed by atoms with Gasteiger partial charge in [-0.3, -0.25) is 4.79 Å². The first-order valence-electron chi connectivity index (χ1n) is 4.94. The molecule has 1 amide bonds. The SMILES string of the molecule is O=C1CCCCN1c1cc(F)ccc1Br. The molecular formula is C11H11BrFNO. The molecule has 0 bridgehead atoms. The molecule has 0 N–H and O–H groups in total. The Kier molecular flexibility index (Phi) is 3.05. The molecule has 1 aliphatic rings. The summed E-state index contributed by atoms with van der Waals surface area (Å²) in [6.45, 7) is 0.681. The third-order valence-electron chi connectivity index (χ3n) is 2.52. The van der Waals surface area contributed by atoms with Gasteiger partial charge in [0.2, 0.25) is 5.91 Å². The van der Waals surface area contributed by atoms with E-state index in [2.05, 4.69) is 15.9 Å². The van der Waals surface area contributed by atoms with Gasteiger partial charge in [0.15, 0.2) is 0 Å². The summed E-state index contributed by atoms with van der Waals surface area (Å²) < 4.78 is 13.8. The van der Waals surface area contributed by atoms with Gasteiger partial charge in [0.25, 0.3) is 0 Å². The predicted octanol–water partition coefficient (Wildman–Crippen LogP) is 3.11. The minimum absolute atomic E-state index is 0.0764. The maximum Gasteiger partial charge on any atom is 0.227 e. The van der Waals surface area contributed by atoms with Crippen LogP contribution in [0.3, 0.4) is 0 Å². The van der Waals surface area contributed by atoms with Crippen LogP contribution >= 0.6 is 15.9 Å². The summed E-state index contributed by atoms with van der Waals surface area (Å²) >= 11 is 3.33. The summed E-state index contributed by atoms with van der Waals surface area (Å²) in [5.74, 6) is -0.237. The molecule has 0 saturated carbocycles. The van der Waals surface area contributed by atoms with Crippen LogP contribution in [0.5, 0.6) is 0 Å². The fraction of sp³-hybridized carbons (Fsp3) is 0.364. The van der Waals surface area contributed by atoms with Crippen LogP contribution in [0.4, 0.5) is 10.1 Å². The molecule has 80 valence electrons. The smallest absolute Gasteiger partial charge is 0.227 e. The summed E-state index contributed by atoms with van der Waals surface area (Å²) in [5, 5.41) is 0. The van der Waals surface area contributed by atoms with Crippen LogP contribution in [0.15, 0.2) is 22.7 Å². The van der Waals surface area contributed by atoms with Crippen molar-refractivity contribution in [1.29, 1.82) is 0 Å². The molecule has 0 aromatic heterocycles. The minimum Gasteiger partial charge on any atom is -0.311 e. The van der Waals surface area contributed by atoms with Gasteiger partial charge < -0.3 is 4.90 Å². The van der Waals surface area contributed by atoms with E-state index < -0.39 is 0 Å². The number of halogens is 2. The number of nitrogens with zero attached hydrogens (tertiary/aromatic N) is 1. The average Bonchev–Trinajstić information content (AvgIpc) is 2.23. The third kappa shape index (κ3) is 2.20. The number of rotatable bonds is 1. The fourth-order valence-corrected chi connectivity index (χ4v) is 2.21. The highest BCUT2D eigenvalue weighted by atomic mass is 79.9. The topological polar surface area (TPSA) is 20.3 Å². The molecule has 15 heavy (non-hydrogen) atoms. The van der Waals surface area contributed by atoms with Gasteiger partial charge in [0.05, 0.1) is 5.69 Å². The Morgan fingerprint density at radius 2 is 2.13 bits per heavy atom. The molecule has 2 rings (SSSR count). The molecule has 0 spiro atoms. The largest absolute Gasteiger partial charge is 0.311 e. The monoisotopic (exact) mass is 271 g/mol. The number of benzene rings is 1. The van der Waals surface area contributed by atoms with E-state index >= 15 is 0 Å². The average molecular weight is 272 g/mol. The fourth-order valence-electron chi connectivity index (χ4n) is 1.75. The van der Waals surface area contributed by atoms with Crippen LogP contribution in [0.1, 0.15) is 19.3 Å². The van der Waals surface area contributed by atoms with Crippen LogP contribution in [-0.2, 0) is 4.79 Å². The molecule has 1 aromatic carbocycles. The highest BCUT2D eigenvalue weighted by Crippen LogP contribution is 2.29. The van der Waals surface area contributed by atoms with E-state index in [9.17, 15) is 9.18 Å². The maximum absolute atomic E-state index is 13.1. The van der Waals surface area contributed by atoms with Gasteiger partial charge in [0, 0.05) is 17.4 Å².